The third-order valence-corrected chi connectivity index (χ3v) is 4.93. The number of anilines is 1. The van der Waals surface area contributed by atoms with E-state index < -0.39 is 0 Å². The molecule has 1 aliphatic carbocycles. The molecule has 0 spiro atoms. The van der Waals surface area contributed by atoms with Crippen LogP contribution in [0.5, 0.6) is 11.5 Å². The minimum absolute atomic E-state index is 0.138. The van der Waals surface area contributed by atoms with Crippen molar-refractivity contribution in [2.24, 2.45) is 0 Å². The number of ether oxygens (including phenoxy) is 2. The second kappa shape index (κ2) is 6.43. The van der Waals surface area contributed by atoms with E-state index in [1.54, 1.807) is 14.2 Å². The summed E-state index contributed by atoms with van der Waals surface area (Å²) in [6.07, 6.45) is 3.78. The third kappa shape index (κ3) is 3.08. The zero-order chi connectivity index (χ0) is 17.4. The van der Waals surface area contributed by atoms with Crippen molar-refractivity contribution in [3.8, 4) is 11.5 Å². The Bertz CT molecular complexity index is 795. The molecule has 4 rings (SSSR count). The maximum absolute atomic E-state index is 12.7. The van der Waals surface area contributed by atoms with Crippen molar-refractivity contribution in [3.63, 3.8) is 0 Å². The molecule has 0 unspecified atom stereocenters. The molecule has 25 heavy (non-hydrogen) atoms. The van der Waals surface area contributed by atoms with Crippen LogP contribution in [-0.2, 0) is 17.9 Å². The highest BCUT2D eigenvalue weighted by atomic mass is 16.5. The van der Waals surface area contributed by atoms with E-state index in [-0.39, 0.29) is 5.91 Å². The van der Waals surface area contributed by atoms with E-state index in [2.05, 4.69) is 6.07 Å². The maximum atomic E-state index is 12.7. The SMILES string of the molecule is COc1ccc(CN2C(=O)CCCn3nc(C4CC4)cc32)c(OC)c1. The number of fused-ring (bicyclic) bond motifs is 1. The number of aryl methyl sites for hydroxylation is 1. The van der Waals surface area contributed by atoms with E-state index in [4.69, 9.17) is 14.6 Å². The highest BCUT2D eigenvalue weighted by molar-refractivity contribution is 5.93. The van der Waals surface area contributed by atoms with Crippen molar-refractivity contribution in [2.75, 3.05) is 19.1 Å². The van der Waals surface area contributed by atoms with Gasteiger partial charge in [-0.3, -0.25) is 9.69 Å². The Balaban J connectivity index is 1.68. The fourth-order valence-electron chi connectivity index (χ4n) is 3.35. The van der Waals surface area contributed by atoms with Gasteiger partial charge in [-0.25, -0.2) is 4.68 Å². The van der Waals surface area contributed by atoms with Crippen molar-refractivity contribution < 1.29 is 14.3 Å². The van der Waals surface area contributed by atoms with E-state index >= 15 is 0 Å². The number of benzene rings is 1. The Morgan fingerprint density at radius 3 is 2.76 bits per heavy atom. The molecule has 0 atom stereocenters. The van der Waals surface area contributed by atoms with Crippen LogP contribution in [0.1, 0.15) is 42.9 Å². The van der Waals surface area contributed by atoms with Crippen molar-refractivity contribution in [2.45, 2.75) is 44.7 Å². The first-order valence-corrected chi connectivity index (χ1v) is 8.78. The van der Waals surface area contributed by atoms with Gasteiger partial charge in [-0.05, 0) is 31.4 Å². The van der Waals surface area contributed by atoms with Crippen LogP contribution in [0.4, 0.5) is 5.82 Å². The van der Waals surface area contributed by atoms with Crippen molar-refractivity contribution in [1.29, 1.82) is 0 Å². The second-order valence-corrected chi connectivity index (χ2v) is 6.69. The normalized spacial score (nSPS) is 17.2. The number of carbonyl (C=O) groups is 1. The van der Waals surface area contributed by atoms with Gasteiger partial charge in [-0.15, -0.1) is 0 Å². The van der Waals surface area contributed by atoms with E-state index in [0.717, 1.165) is 41.5 Å². The second-order valence-electron chi connectivity index (χ2n) is 6.69. The van der Waals surface area contributed by atoms with Gasteiger partial charge < -0.3 is 9.47 Å². The van der Waals surface area contributed by atoms with Crippen LogP contribution in [0.15, 0.2) is 24.3 Å². The van der Waals surface area contributed by atoms with Crippen molar-refractivity contribution >= 4 is 11.7 Å². The summed E-state index contributed by atoms with van der Waals surface area (Å²) in [6, 6.07) is 7.80. The minimum Gasteiger partial charge on any atom is -0.497 e. The molecule has 132 valence electrons. The lowest BCUT2D eigenvalue weighted by atomic mass is 10.1. The van der Waals surface area contributed by atoms with Crippen LogP contribution in [0.25, 0.3) is 0 Å². The summed E-state index contributed by atoms with van der Waals surface area (Å²) in [5.41, 5.74) is 2.08. The van der Waals surface area contributed by atoms with Crippen LogP contribution < -0.4 is 14.4 Å². The molecule has 2 heterocycles. The average Bonchev–Trinajstić information content (AvgIpc) is 3.42. The average molecular weight is 341 g/mol. The van der Waals surface area contributed by atoms with Crippen LogP contribution in [0.2, 0.25) is 0 Å². The van der Waals surface area contributed by atoms with Gasteiger partial charge in [0.15, 0.2) is 0 Å². The fraction of sp³-hybridized carbons (Fsp3) is 0.474. The maximum Gasteiger partial charge on any atom is 0.228 e. The molecule has 0 N–H and O–H groups in total. The lowest BCUT2D eigenvalue weighted by molar-refractivity contribution is -0.118. The summed E-state index contributed by atoms with van der Waals surface area (Å²) in [5.74, 6) is 3.08. The first-order chi connectivity index (χ1) is 12.2. The van der Waals surface area contributed by atoms with Crippen LogP contribution in [-0.4, -0.2) is 29.9 Å². The number of rotatable bonds is 5. The van der Waals surface area contributed by atoms with Gasteiger partial charge in [-0.2, -0.15) is 5.10 Å². The summed E-state index contributed by atoms with van der Waals surface area (Å²) in [4.78, 5) is 14.6. The predicted octanol–water partition coefficient (Wildman–Crippen LogP) is 3.10. The molecule has 1 aromatic heterocycles. The molecule has 0 bridgehead atoms. The number of hydrogen-bond donors (Lipinski definition) is 0. The molecule has 1 saturated carbocycles. The summed E-state index contributed by atoms with van der Waals surface area (Å²) in [7, 11) is 3.27. The highest BCUT2D eigenvalue weighted by Crippen LogP contribution is 2.41. The van der Waals surface area contributed by atoms with E-state index in [1.165, 1.54) is 12.8 Å². The fourth-order valence-corrected chi connectivity index (χ4v) is 3.35. The molecule has 2 aliphatic rings. The quantitative estimate of drug-likeness (QED) is 0.838. The number of amides is 1. The lowest BCUT2D eigenvalue weighted by Gasteiger charge is -2.22. The molecule has 6 nitrogen and oxygen atoms in total. The Hall–Kier alpha value is -2.50. The smallest absolute Gasteiger partial charge is 0.228 e. The first-order valence-electron chi connectivity index (χ1n) is 8.78. The number of aromatic nitrogens is 2. The largest absolute Gasteiger partial charge is 0.497 e. The van der Waals surface area contributed by atoms with Crippen molar-refractivity contribution in [3.05, 3.63) is 35.5 Å². The molecule has 1 aliphatic heterocycles. The van der Waals surface area contributed by atoms with E-state index in [0.29, 0.717) is 18.9 Å². The summed E-state index contributed by atoms with van der Waals surface area (Å²) in [6.45, 7) is 1.27. The molecule has 1 aromatic carbocycles. The van der Waals surface area contributed by atoms with Gasteiger partial charge in [0.1, 0.15) is 17.3 Å². The highest BCUT2D eigenvalue weighted by Gasteiger charge is 2.31. The topological polar surface area (TPSA) is 56.6 Å². The summed E-state index contributed by atoms with van der Waals surface area (Å²) in [5, 5.41) is 4.74. The van der Waals surface area contributed by atoms with Gasteiger partial charge in [0.2, 0.25) is 5.91 Å². The molecule has 1 fully saturated rings. The molecular formula is C19H23N3O3. The standard InChI is InChI=1S/C19H23N3O3/c1-24-15-8-7-14(17(10-15)25-2)12-21-18-11-16(13-5-6-13)20-22(18)9-3-4-19(21)23/h7-8,10-11,13H,3-6,9,12H2,1-2H3. The monoisotopic (exact) mass is 341 g/mol. The third-order valence-electron chi connectivity index (χ3n) is 4.93. The lowest BCUT2D eigenvalue weighted by Crippen LogP contribution is -2.30. The van der Waals surface area contributed by atoms with Gasteiger partial charge in [0, 0.05) is 36.6 Å². The van der Waals surface area contributed by atoms with Crippen molar-refractivity contribution in [1.82, 2.24) is 9.78 Å². The molecular weight excluding hydrogens is 318 g/mol. The number of hydrogen-bond acceptors (Lipinski definition) is 4. The number of methoxy groups -OCH3 is 2. The molecule has 0 radical (unpaired) electrons. The van der Waals surface area contributed by atoms with E-state index in [1.807, 2.05) is 27.8 Å². The van der Waals surface area contributed by atoms with Gasteiger partial charge in [0.05, 0.1) is 26.5 Å². The zero-order valence-corrected chi connectivity index (χ0v) is 14.7. The Morgan fingerprint density at radius 1 is 1.20 bits per heavy atom. The number of carbonyl (C=O) groups excluding carboxylic acids is 1. The molecule has 0 saturated heterocycles. The predicted molar refractivity (Wildman–Crippen MR) is 94.2 cm³/mol. The zero-order valence-electron chi connectivity index (χ0n) is 14.7. The van der Waals surface area contributed by atoms with E-state index in [9.17, 15) is 4.79 Å². The Morgan fingerprint density at radius 2 is 2.04 bits per heavy atom. The first kappa shape index (κ1) is 16.0. The van der Waals surface area contributed by atoms with Crippen LogP contribution in [0.3, 0.4) is 0 Å². The minimum atomic E-state index is 0.138. The number of nitrogens with zero attached hydrogens (tertiary/aromatic N) is 3. The summed E-state index contributed by atoms with van der Waals surface area (Å²) >= 11 is 0. The van der Waals surface area contributed by atoms with Gasteiger partial charge in [0.25, 0.3) is 0 Å². The Labute approximate surface area is 147 Å². The van der Waals surface area contributed by atoms with Crippen LogP contribution >= 0.6 is 0 Å². The molecule has 6 heteroatoms. The molecule has 2 aromatic rings. The summed E-state index contributed by atoms with van der Waals surface area (Å²) < 4.78 is 12.8. The van der Waals surface area contributed by atoms with Gasteiger partial charge in [-0.1, -0.05) is 0 Å². The Kier molecular flexibility index (Phi) is 4.11. The van der Waals surface area contributed by atoms with Crippen LogP contribution in [0, 0.1) is 0 Å². The van der Waals surface area contributed by atoms with Gasteiger partial charge >= 0.3 is 0 Å². The molecule has 1 amide bonds.